The third-order valence-electron chi connectivity index (χ3n) is 10.2. The first-order valence-corrected chi connectivity index (χ1v) is 17.5. The summed E-state index contributed by atoms with van der Waals surface area (Å²) in [7, 11) is 0. The van der Waals surface area contributed by atoms with Gasteiger partial charge in [-0.25, -0.2) is 14.8 Å². The Balaban J connectivity index is 1.34. The number of rotatable bonds is 5. The molecule has 3 aromatic rings. The zero-order chi connectivity index (χ0) is 34.9. The normalized spacial score (nSPS) is 27.9. The van der Waals surface area contributed by atoms with Crippen LogP contribution < -0.4 is 14.8 Å². The fraction of sp³-hybridized carbons (Fsp3) is 0.595. The Morgan fingerprint density at radius 2 is 1.94 bits per heavy atom. The van der Waals surface area contributed by atoms with Gasteiger partial charge in [0.2, 0.25) is 11.8 Å². The molecule has 0 radical (unpaired) electrons. The summed E-state index contributed by atoms with van der Waals surface area (Å²) in [5.41, 5.74) is 1.60. The van der Waals surface area contributed by atoms with Crippen LogP contribution in [0.1, 0.15) is 91.5 Å². The summed E-state index contributed by atoms with van der Waals surface area (Å²) in [6.45, 7) is 11.6. The van der Waals surface area contributed by atoms with Crippen molar-refractivity contribution in [1.82, 2.24) is 30.2 Å². The predicted molar refractivity (Wildman–Crippen MR) is 182 cm³/mol. The summed E-state index contributed by atoms with van der Waals surface area (Å²) in [4.78, 5) is 60.8. The number of carbonyl (C=O) groups excluding carboxylic acids is 3. The number of fused-ring (bicyclic) bond motifs is 5. The molecule has 6 rings (SSSR count). The van der Waals surface area contributed by atoms with E-state index in [4.69, 9.17) is 24.2 Å². The second kappa shape index (κ2) is 13.9. The molecule has 2 fully saturated rings. The third kappa shape index (κ3) is 7.63. The van der Waals surface area contributed by atoms with E-state index >= 15 is 0 Å². The fourth-order valence-electron chi connectivity index (χ4n) is 7.34. The van der Waals surface area contributed by atoms with Gasteiger partial charge in [-0.1, -0.05) is 40.5 Å². The molecule has 3 aliphatic rings. The number of nitrogens with zero attached hydrogens (tertiary/aromatic N) is 5. The van der Waals surface area contributed by atoms with Crippen LogP contribution in [0.25, 0.3) is 11.0 Å². The molecule has 12 nitrogen and oxygen atoms in total. The van der Waals surface area contributed by atoms with Crippen molar-refractivity contribution in [2.75, 3.05) is 6.54 Å². The van der Waals surface area contributed by atoms with Crippen LogP contribution in [0.4, 0.5) is 4.79 Å². The lowest BCUT2D eigenvalue weighted by molar-refractivity contribution is -0.141. The number of hydrogen-bond acceptors (Lipinski definition) is 10. The van der Waals surface area contributed by atoms with Gasteiger partial charge in [-0.3, -0.25) is 19.6 Å². The quantitative estimate of drug-likeness (QED) is 0.363. The van der Waals surface area contributed by atoms with E-state index in [1.165, 1.54) is 6.92 Å². The van der Waals surface area contributed by atoms with Crippen LogP contribution in [0.5, 0.6) is 11.6 Å². The maximum Gasteiger partial charge on any atom is 0.408 e. The van der Waals surface area contributed by atoms with E-state index in [1.807, 2.05) is 52.8 Å². The number of Topliss-reactive ketones (excluding diaryl/α,β-unsaturated/α-hetero) is 1. The minimum Gasteiger partial charge on any atom is -0.487 e. The minimum atomic E-state index is -0.908. The predicted octanol–water partition coefficient (Wildman–Crippen LogP) is 5.61. The van der Waals surface area contributed by atoms with Crippen LogP contribution in [0.2, 0.25) is 0 Å². The minimum absolute atomic E-state index is 0.129. The molecule has 2 aliphatic heterocycles. The van der Waals surface area contributed by atoms with Crippen molar-refractivity contribution >= 4 is 28.8 Å². The molecule has 1 aliphatic carbocycles. The molecule has 49 heavy (non-hydrogen) atoms. The topological polar surface area (TPSA) is 146 Å². The molecule has 1 N–H and O–H groups in total. The Bertz CT molecular complexity index is 1700. The Kier molecular flexibility index (Phi) is 9.77. The van der Waals surface area contributed by atoms with Crippen LogP contribution in [-0.4, -0.2) is 73.0 Å². The highest BCUT2D eigenvalue weighted by atomic mass is 16.6. The lowest BCUT2D eigenvalue weighted by Gasteiger charge is -2.35. The van der Waals surface area contributed by atoms with Crippen LogP contribution in [0, 0.1) is 17.3 Å². The van der Waals surface area contributed by atoms with E-state index in [2.05, 4.69) is 15.3 Å². The number of nitrogens with one attached hydrogen (secondary N) is 1. The van der Waals surface area contributed by atoms with Gasteiger partial charge in [-0.05, 0) is 63.5 Å². The zero-order valence-electron chi connectivity index (χ0n) is 29.4. The summed E-state index contributed by atoms with van der Waals surface area (Å²) in [6.07, 6.45) is 9.66. The van der Waals surface area contributed by atoms with E-state index < -0.39 is 35.3 Å². The Labute approximate surface area is 287 Å². The number of ketones is 1. The zero-order valence-corrected chi connectivity index (χ0v) is 29.4. The van der Waals surface area contributed by atoms with Crippen molar-refractivity contribution < 1.29 is 28.6 Å². The lowest BCUT2D eigenvalue weighted by Crippen LogP contribution is -2.57. The molecule has 1 saturated carbocycles. The van der Waals surface area contributed by atoms with Crippen LogP contribution in [0.15, 0.2) is 36.8 Å². The highest BCUT2D eigenvalue weighted by Crippen LogP contribution is 2.49. The number of alkyl carbamates (subject to hydrolysis) is 1. The maximum absolute atomic E-state index is 14.4. The van der Waals surface area contributed by atoms with E-state index in [0.717, 1.165) is 43.3 Å². The number of carbonyl (C=O) groups is 3. The summed E-state index contributed by atoms with van der Waals surface area (Å²) in [6, 6.07) is 3.97. The molecule has 2 aromatic heterocycles. The lowest BCUT2D eigenvalue weighted by atomic mass is 9.85. The highest BCUT2D eigenvalue weighted by Gasteiger charge is 2.54. The van der Waals surface area contributed by atoms with Crippen molar-refractivity contribution in [3.63, 3.8) is 0 Å². The van der Waals surface area contributed by atoms with Crippen molar-refractivity contribution in [1.29, 1.82) is 0 Å². The van der Waals surface area contributed by atoms with Crippen molar-refractivity contribution in [2.24, 2.45) is 17.3 Å². The summed E-state index contributed by atoms with van der Waals surface area (Å²) < 4.78 is 18.6. The molecule has 6 atom stereocenters. The molecule has 12 heteroatoms. The van der Waals surface area contributed by atoms with Crippen molar-refractivity contribution in [2.45, 2.75) is 117 Å². The van der Waals surface area contributed by atoms with E-state index in [0.29, 0.717) is 35.7 Å². The smallest absolute Gasteiger partial charge is 0.408 e. The third-order valence-corrected chi connectivity index (χ3v) is 10.2. The SMILES string of the molecule is CC[C@@H]1[C@@H]2CN(C(=O)[C@H](C(C)(C)C)NC(=O)O[C@]3(C)C[C@H]3CCCCCc3nc4ccc(OCc5cnccn5)cc4nc3O2)[C@@H]1C(C)=O. The second-order valence-electron chi connectivity index (χ2n) is 15.0. The molecule has 0 unspecified atom stereocenters. The fourth-order valence-corrected chi connectivity index (χ4v) is 7.34. The van der Waals surface area contributed by atoms with Gasteiger partial charge < -0.3 is 24.4 Å². The Morgan fingerprint density at radius 3 is 2.65 bits per heavy atom. The Hall–Kier alpha value is -4.35. The van der Waals surface area contributed by atoms with E-state index in [1.54, 1.807) is 23.5 Å². The van der Waals surface area contributed by atoms with Crippen molar-refractivity contribution in [3.8, 4) is 11.6 Å². The van der Waals surface area contributed by atoms with E-state index in [-0.39, 0.29) is 36.7 Å². The summed E-state index contributed by atoms with van der Waals surface area (Å²) in [5, 5.41) is 2.88. The monoisotopic (exact) mass is 672 g/mol. The van der Waals surface area contributed by atoms with Crippen LogP contribution in [0.3, 0.4) is 0 Å². The second-order valence-corrected chi connectivity index (χ2v) is 15.0. The summed E-state index contributed by atoms with van der Waals surface area (Å²) in [5.74, 6) is 0.549. The van der Waals surface area contributed by atoms with Crippen LogP contribution in [-0.2, 0) is 27.4 Å². The maximum atomic E-state index is 14.4. The molecule has 2 amide bonds. The molecule has 4 heterocycles. The average molecular weight is 673 g/mol. The molecular weight excluding hydrogens is 624 g/mol. The van der Waals surface area contributed by atoms with Crippen LogP contribution >= 0.6 is 0 Å². The number of aromatic nitrogens is 4. The largest absolute Gasteiger partial charge is 0.487 e. The molecule has 0 spiro atoms. The number of ether oxygens (including phenoxy) is 3. The molecule has 2 bridgehead atoms. The van der Waals surface area contributed by atoms with Gasteiger partial charge in [0.25, 0.3) is 0 Å². The Morgan fingerprint density at radius 1 is 1.12 bits per heavy atom. The van der Waals surface area contributed by atoms with Gasteiger partial charge in [0.05, 0.1) is 35.5 Å². The van der Waals surface area contributed by atoms with Gasteiger partial charge in [-0.2, -0.15) is 0 Å². The molecule has 1 aromatic carbocycles. The first-order chi connectivity index (χ1) is 23.4. The van der Waals surface area contributed by atoms with E-state index in [9.17, 15) is 14.4 Å². The summed E-state index contributed by atoms with van der Waals surface area (Å²) >= 11 is 0. The highest BCUT2D eigenvalue weighted by molar-refractivity contribution is 5.92. The molecule has 1 saturated heterocycles. The van der Waals surface area contributed by atoms with Gasteiger partial charge in [0.15, 0.2) is 5.78 Å². The van der Waals surface area contributed by atoms with Gasteiger partial charge in [0, 0.05) is 30.3 Å². The van der Waals surface area contributed by atoms with Gasteiger partial charge >= 0.3 is 6.09 Å². The number of benzene rings is 1. The first kappa shape index (κ1) is 34.5. The molecular formula is C37H48N6O6. The molecule has 262 valence electrons. The number of amides is 2. The number of aryl methyl sites for hydroxylation is 1. The standard InChI is InChI=1S/C37H48N6O6/c1-7-26-30-20-43(31(26)22(2)44)34(45)32(36(3,4)5)42-35(46)49-37(6)18-23(37)11-9-8-10-12-28-33(48-30)41-29-17-25(13-14-27(29)40-28)47-21-24-19-38-15-16-39-24/h13-17,19,23,26,30-32H,7-12,18,20-21H2,1-6H3,(H,42,46)/t23-,26-,30+,31-,32-,37-/m1/s1. The van der Waals surface area contributed by atoms with Crippen molar-refractivity contribution in [3.05, 3.63) is 48.2 Å². The van der Waals surface area contributed by atoms with Gasteiger partial charge in [0.1, 0.15) is 35.8 Å². The number of hydrogen-bond donors (Lipinski definition) is 1. The first-order valence-electron chi connectivity index (χ1n) is 17.5. The van der Waals surface area contributed by atoms with Gasteiger partial charge in [-0.15, -0.1) is 0 Å². The average Bonchev–Trinajstić information content (AvgIpc) is 3.53.